The Balaban J connectivity index is 2.00. The van der Waals surface area contributed by atoms with Gasteiger partial charge < -0.3 is 9.88 Å². The van der Waals surface area contributed by atoms with Gasteiger partial charge in [0, 0.05) is 18.9 Å². The zero-order chi connectivity index (χ0) is 11.0. The zero-order valence-corrected chi connectivity index (χ0v) is 8.60. The number of halogens is 1. The molecule has 0 aliphatic carbocycles. The third-order valence-electron chi connectivity index (χ3n) is 2.80. The molecule has 82 valence electrons. The van der Waals surface area contributed by atoms with Crippen molar-refractivity contribution in [1.29, 1.82) is 0 Å². The van der Waals surface area contributed by atoms with Crippen LogP contribution in [0.2, 0.25) is 0 Å². The summed E-state index contributed by atoms with van der Waals surface area (Å²) >= 11 is 0. The van der Waals surface area contributed by atoms with Gasteiger partial charge in [-0.2, -0.15) is 0 Å². The SMILES string of the molecule is Fc1ccc(C2CCNc3nccn32)nc1. The van der Waals surface area contributed by atoms with Gasteiger partial charge in [0.15, 0.2) is 0 Å². The normalized spacial score (nSPS) is 18.9. The number of pyridine rings is 1. The highest BCUT2D eigenvalue weighted by molar-refractivity contribution is 5.31. The van der Waals surface area contributed by atoms with Crippen LogP contribution in [-0.4, -0.2) is 21.1 Å². The first-order chi connectivity index (χ1) is 7.84. The lowest BCUT2D eigenvalue weighted by molar-refractivity contribution is 0.514. The maximum absolute atomic E-state index is 12.8. The number of rotatable bonds is 1. The third-order valence-corrected chi connectivity index (χ3v) is 2.80. The predicted octanol–water partition coefficient (Wildman–Crippen LogP) is 1.82. The Morgan fingerprint density at radius 2 is 2.31 bits per heavy atom. The Bertz CT molecular complexity index is 491. The predicted molar refractivity (Wildman–Crippen MR) is 57.7 cm³/mol. The molecule has 0 fully saturated rings. The molecule has 0 saturated carbocycles. The van der Waals surface area contributed by atoms with E-state index in [1.807, 2.05) is 10.8 Å². The molecule has 1 aliphatic heterocycles. The monoisotopic (exact) mass is 218 g/mol. The molecule has 5 heteroatoms. The molecular weight excluding hydrogens is 207 g/mol. The molecule has 16 heavy (non-hydrogen) atoms. The number of nitrogens with zero attached hydrogens (tertiary/aromatic N) is 3. The molecule has 2 aromatic rings. The zero-order valence-electron chi connectivity index (χ0n) is 8.60. The number of imidazole rings is 1. The van der Waals surface area contributed by atoms with E-state index in [0.717, 1.165) is 24.6 Å². The van der Waals surface area contributed by atoms with Crippen LogP contribution in [0.15, 0.2) is 30.7 Å². The first-order valence-electron chi connectivity index (χ1n) is 5.23. The summed E-state index contributed by atoms with van der Waals surface area (Å²) < 4.78 is 14.8. The van der Waals surface area contributed by atoms with Gasteiger partial charge in [0.05, 0.1) is 17.9 Å². The molecule has 4 nitrogen and oxygen atoms in total. The van der Waals surface area contributed by atoms with Crippen LogP contribution in [-0.2, 0) is 0 Å². The summed E-state index contributed by atoms with van der Waals surface area (Å²) in [4.78, 5) is 8.33. The first-order valence-corrected chi connectivity index (χ1v) is 5.23. The summed E-state index contributed by atoms with van der Waals surface area (Å²) in [6, 6.07) is 3.33. The molecule has 1 N–H and O–H groups in total. The highest BCUT2D eigenvalue weighted by atomic mass is 19.1. The van der Waals surface area contributed by atoms with Crippen LogP contribution >= 0.6 is 0 Å². The molecule has 0 bridgehead atoms. The molecular formula is C11H11FN4. The van der Waals surface area contributed by atoms with E-state index < -0.39 is 0 Å². The van der Waals surface area contributed by atoms with Crippen molar-refractivity contribution in [3.8, 4) is 0 Å². The van der Waals surface area contributed by atoms with Crippen LogP contribution in [0.3, 0.4) is 0 Å². The lowest BCUT2D eigenvalue weighted by Gasteiger charge is -2.25. The quantitative estimate of drug-likeness (QED) is 0.794. The summed E-state index contributed by atoms with van der Waals surface area (Å²) in [5, 5.41) is 3.20. The van der Waals surface area contributed by atoms with E-state index >= 15 is 0 Å². The number of aromatic nitrogens is 3. The standard InChI is InChI=1S/C11H11FN4/c12-8-1-2-9(15-7-8)10-3-4-13-11-14-5-6-16(10)11/h1-2,5-7,10H,3-4H2,(H,13,14). The minimum Gasteiger partial charge on any atom is -0.356 e. The van der Waals surface area contributed by atoms with Gasteiger partial charge in [0.2, 0.25) is 5.95 Å². The molecule has 3 rings (SSSR count). The summed E-state index contributed by atoms with van der Waals surface area (Å²) in [7, 11) is 0. The second-order valence-electron chi connectivity index (χ2n) is 3.79. The van der Waals surface area contributed by atoms with Crippen molar-refractivity contribution in [3.05, 3.63) is 42.2 Å². The van der Waals surface area contributed by atoms with Gasteiger partial charge in [0.25, 0.3) is 0 Å². The van der Waals surface area contributed by atoms with E-state index in [4.69, 9.17) is 0 Å². The van der Waals surface area contributed by atoms with Crippen LogP contribution in [0.25, 0.3) is 0 Å². The molecule has 3 heterocycles. The lowest BCUT2D eigenvalue weighted by atomic mass is 10.1. The maximum Gasteiger partial charge on any atom is 0.203 e. The Labute approximate surface area is 92.2 Å². The van der Waals surface area contributed by atoms with E-state index in [-0.39, 0.29) is 11.9 Å². The molecule has 0 saturated heterocycles. The maximum atomic E-state index is 12.8. The van der Waals surface area contributed by atoms with Crippen molar-refractivity contribution in [2.45, 2.75) is 12.5 Å². The summed E-state index contributed by atoms with van der Waals surface area (Å²) in [5.41, 5.74) is 0.877. The van der Waals surface area contributed by atoms with Crippen molar-refractivity contribution in [2.24, 2.45) is 0 Å². The molecule has 0 radical (unpaired) electrons. The molecule has 1 aliphatic rings. The second kappa shape index (κ2) is 3.59. The highest BCUT2D eigenvalue weighted by Gasteiger charge is 2.21. The van der Waals surface area contributed by atoms with Gasteiger partial charge >= 0.3 is 0 Å². The fraction of sp³-hybridized carbons (Fsp3) is 0.273. The van der Waals surface area contributed by atoms with Crippen LogP contribution < -0.4 is 5.32 Å². The molecule has 0 spiro atoms. The van der Waals surface area contributed by atoms with Crippen molar-refractivity contribution in [1.82, 2.24) is 14.5 Å². The fourth-order valence-corrected chi connectivity index (χ4v) is 2.04. The fourth-order valence-electron chi connectivity index (χ4n) is 2.04. The Morgan fingerprint density at radius 1 is 1.38 bits per heavy atom. The van der Waals surface area contributed by atoms with Gasteiger partial charge in [0.1, 0.15) is 5.82 Å². The molecule has 1 atom stereocenters. The average Bonchev–Trinajstić information content (AvgIpc) is 2.78. The van der Waals surface area contributed by atoms with Gasteiger partial charge in [-0.25, -0.2) is 9.37 Å². The van der Waals surface area contributed by atoms with Gasteiger partial charge in [-0.1, -0.05) is 0 Å². The highest BCUT2D eigenvalue weighted by Crippen LogP contribution is 2.27. The minimum atomic E-state index is -0.302. The Kier molecular flexibility index (Phi) is 2.09. The Hall–Kier alpha value is -1.91. The topological polar surface area (TPSA) is 42.7 Å². The molecule has 0 amide bonds. The van der Waals surface area contributed by atoms with E-state index in [2.05, 4.69) is 15.3 Å². The van der Waals surface area contributed by atoms with Crippen LogP contribution in [0.5, 0.6) is 0 Å². The first kappa shape index (κ1) is 9.33. The van der Waals surface area contributed by atoms with Crippen molar-refractivity contribution in [2.75, 3.05) is 11.9 Å². The van der Waals surface area contributed by atoms with Crippen molar-refractivity contribution in [3.63, 3.8) is 0 Å². The number of hydrogen-bond acceptors (Lipinski definition) is 3. The minimum absolute atomic E-state index is 0.152. The molecule has 0 aromatic carbocycles. The van der Waals surface area contributed by atoms with Gasteiger partial charge in [-0.15, -0.1) is 0 Å². The van der Waals surface area contributed by atoms with Gasteiger partial charge in [-0.3, -0.25) is 4.98 Å². The van der Waals surface area contributed by atoms with E-state index in [1.54, 1.807) is 12.3 Å². The van der Waals surface area contributed by atoms with E-state index in [1.165, 1.54) is 12.3 Å². The second-order valence-corrected chi connectivity index (χ2v) is 3.79. The number of nitrogens with one attached hydrogen (secondary N) is 1. The van der Waals surface area contributed by atoms with E-state index in [9.17, 15) is 4.39 Å². The number of hydrogen-bond donors (Lipinski definition) is 1. The Morgan fingerprint density at radius 3 is 3.12 bits per heavy atom. The van der Waals surface area contributed by atoms with Crippen LogP contribution in [0.1, 0.15) is 18.2 Å². The smallest absolute Gasteiger partial charge is 0.203 e. The summed E-state index contributed by atoms with van der Waals surface area (Å²) in [6.07, 6.45) is 5.86. The number of anilines is 1. The summed E-state index contributed by atoms with van der Waals surface area (Å²) in [6.45, 7) is 0.862. The van der Waals surface area contributed by atoms with Gasteiger partial charge in [-0.05, 0) is 18.6 Å². The van der Waals surface area contributed by atoms with Crippen LogP contribution in [0, 0.1) is 5.82 Å². The van der Waals surface area contributed by atoms with Crippen molar-refractivity contribution >= 4 is 5.95 Å². The summed E-state index contributed by atoms with van der Waals surface area (Å²) in [5.74, 6) is 0.547. The largest absolute Gasteiger partial charge is 0.356 e. The van der Waals surface area contributed by atoms with Crippen molar-refractivity contribution < 1.29 is 4.39 Å². The number of fused-ring (bicyclic) bond motifs is 1. The molecule has 2 aromatic heterocycles. The third kappa shape index (κ3) is 1.44. The molecule has 1 unspecified atom stereocenters. The van der Waals surface area contributed by atoms with E-state index in [0.29, 0.717) is 0 Å². The average molecular weight is 218 g/mol. The van der Waals surface area contributed by atoms with Crippen LogP contribution in [0.4, 0.5) is 10.3 Å². The lowest BCUT2D eigenvalue weighted by Crippen LogP contribution is -2.24.